The molecule has 1 aromatic rings. The van der Waals surface area contributed by atoms with Crippen molar-refractivity contribution in [1.82, 2.24) is 0 Å². The molecule has 0 atom stereocenters. The second-order valence-corrected chi connectivity index (χ2v) is 3.60. The molecule has 1 aromatic carbocycles. The van der Waals surface area contributed by atoms with Crippen LogP contribution in [0.25, 0.3) is 0 Å². The van der Waals surface area contributed by atoms with E-state index in [9.17, 15) is 4.79 Å². The molecule has 0 fully saturated rings. The standard InChI is InChI=1S/C12H13NO/c1-3-9-7-11(14)12-8(2)5-4-6-10(12)13-9/h4-6H,3,7H2,1-2H3. The van der Waals surface area contributed by atoms with Gasteiger partial charge in [-0.3, -0.25) is 9.79 Å². The predicted molar refractivity (Wildman–Crippen MR) is 57.5 cm³/mol. The monoisotopic (exact) mass is 187 g/mol. The molecule has 14 heavy (non-hydrogen) atoms. The van der Waals surface area contributed by atoms with Crippen molar-refractivity contribution in [2.75, 3.05) is 0 Å². The maximum Gasteiger partial charge on any atom is 0.170 e. The molecule has 72 valence electrons. The molecule has 0 bridgehead atoms. The lowest BCUT2D eigenvalue weighted by Crippen LogP contribution is -2.13. The van der Waals surface area contributed by atoms with Crippen molar-refractivity contribution in [2.24, 2.45) is 4.99 Å². The van der Waals surface area contributed by atoms with E-state index < -0.39 is 0 Å². The third-order valence-electron chi connectivity index (χ3n) is 2.58. The van der Waals surface area contributed by atoms with E-state index in [1.165, 1.54) is 0 Å². The van der Waals surface area contributed by atoms with Crippen LogP contribution >= 0.6 is 0 Å². The van der Waals surface area contributed by atoms with Gasteiger partial charge in [0.05, 0.1) is 5.69 Å². The smallest absolute Gasteiger partial charge is 0.170 e. The van der Waals surface area contributed by atoms with Crippen LogP contribution in [-0.4, -0.2) is 11.5 Å². The fourth-order valence-corrected chi connectivity index (χ4v) is 1.80. The third kappa shape index (κ3) is 1.37. The Bertz CT molecular complexity index is 418. The number of hydrogen-bond acceptors (Lipinski definition) is 2. The first-order chi connectivity index (χ1) is 6.72. The van der Waals surface area contributed by atoms with Gasteiger partial charge in [0.2, 0.25) is 0 Å². The zero-order valence-corrected chi connectivity index (χ0v) is 8.50. The molecule has 0 spiro atoms. The molecule has 1 aliphatic heterocycles. The van der Waals surface area contributed by atoms with Crippen LogP contribution in [0.2, 0.25) is 0 Å². The Labute approximate surface area is 83.7 Å². The minimum absolute atomic E-state index is 0.213. The molecule has 0 unspecified atom stereocenters. The number of carbonyl (C=O) groups excluding carboxylic acids is 1. The van der Waals surface area contributed by atoms with Crippen LogP contribution < -0.4 is 0 Å². The summed E-state index contributed by atoms with van der Waals surface area (Å²) in [6.07, 6.45) is 1.35. The Morgan fingerprint density at radius 1 is 1.43 bits per heavy atom. The molecule has 1 heterocycles. The Morgan fingerprint density at radius 2 is 2.21 bits per heavy atom. The molecular weight excluding hydrogens is 174 g/mol. The predicted octanol–water partition coefficient (Wildman–Crippen LogP) is 3.06. The number of benzene rings is 1. The molecule has 0 saturated heterocycles. The van der Waals surface area contributed by atoms with Crippen LogP contribution in [0.15, 0.2) is 23.2 Å². The van der Waals surface area contributed by atoms with E-state index >= 15 is 0 Å². The van der Waals surface area contributed by atoms with Crippen LogP contribution in [0.5, 0.6) is 0 Å². The quantitative estimate of drug-likeness (QED) is 0.664. The molecule has 1 aliphatic rings. The summed E-state index contributed by atoms with van der Waals surface area (Å²) in [4.78, 5) is 16.3. The highest BCUT2D eigenvalue weighted by molar-refractivity contribution is 6.16. The summed E-state index contributed by atoms with van der Waals surface area (Å²) in [5.74, 6) is 0.213. The second kappa shape index (κ2) is 3.37. The topological polar surface area (TPSA) is 29.4 Å². The normalized spacial score (nSPS) is 15.0. The van der Waals surface area contributed by atoms with Crippen molar-refractivity contribution < 1.29 is 4.79 Å². The first-order valence-electron chi connectivity index (χ1n) is 4.91. The molecule has 0 aromatic heterocycles. The number of ketones is 1. The van der Waals surface area contributed by atoms with Gasteiger partial charge in [0.25, 0.3) is 0 Å². The van der Waals surface area contributed by atoms with Crippen molar-refractivity contribution in [1.29, 1.82) is 0 Å². The number of rotatable bonds is 1. The number of nitrogens with zero attached hydrogens (tertiary/aromatic N) is 1. The lowest BCUT2D eigenvalue weighted by Gasteiger charge is -2.15. The number of Topliss-reactive ketones (excluding diaryl/α,β-unsaturated/α-hetero) is 1. The number of carbonyl (C=O) groups is 1. The van der Waals surface area contributed by atoms with E-state index in [-0.39, 0.29) is 5.78 Å². The van der Waals surface area contributed by atoms with Crippen molar-refractivity contribution >= 4 is 17.2 Å². The van der Waals surface area contributed by atoms with Crippen LogP contribution in [0.3, 0.4) is 0 Å². The van der Waals surface area contributed by atoms with E-state index in [0.29, 0.717) is 6.42 Å². The molecule has 0 amide bonds. The lowest BCUT2D eigenvalue weighted by molar-refractivity contribution is 0.0999. The van der Waals surface area contributed by atoms with E-state index in [0.717, 1.165) is 28.9 Å². The summed E-state index contributed by atoms with van der Waals surface area (Å²) in [6, 6.07) is 5.82. The Balaban J connectivity index is 2.60. The Hall–Kier alpha value is -1.44. The van der Waals surface area contributed by atoms with E-state index in [2.05, 4.69) is 4.99 Å². The van der Waals surface area contributed by atoms with E-state index in [1.54, 1.807) is 0 Å². The molecule has 0 radical (unpaired) electrons. The summed E-state index contributed by atoms with van der Waals surface area (Å²) in [5.41, 5.74) is 3.68. The maximum atomic E-state index is 11.8. The van der Waals surface area contributed by atoms with Gasteiger partial charge in [-0.15, -0.1) is 0 Å². The van der Waals surface area contributed by atoms with Crippen molar-refractivity contribution in [3.05, 3.63) is 29.3 Å². The zero-order valence-electron chi connectivity index (χ0n) is 8.50. The number of fused-ring (bicyclic) bond motifs is 1. The molecule has 2 rings (SSSR count). The second-order valence-electron chi connectivity index (χ2n) is 3.60. The molecule has 2 nitrogen and oxygen atoms in total. The van der Waals surface area contributed by atoms with Crippen LogP contribution in [0.1, 0.15) is 35.7 Å². The average molecular weight is 187 g/mol. The maximum absolute atomic E-state index is 11.8. The summed E-state index contributed by atoms with van der Waals surface area (Å²) in [7, 11) is 0. The molecule has 0 aliphatic carbocycles. The molecular formula is C12H13NO. The van der Waals surface area contributed by atoms with Gasteiger partial charge in [0, 0.05) is 17.7 Å². The third-order valence-corrected chi connectivity index (χ3v) is 2.58. The fraction of sp³-hybridized carbons (Fsp3) is 0.333. The summed E-state index contributed by atoms with van der Waals surface area (Å²) in [6.45, 7) is 4.00. The minimum atomic E-state index is 0.213. The van der Waals surface area contributed by atoms with Crippen LogP contribution in [-0.2, 0) is 0 Å². The summed E-state index contributed by atoms with van der Waals surface area (Å²) >= 11 is 0. The van der Waals surface area contributed by atoms with Gasteiger partial charge in [0.1, 0.15) is 0 Å². The molecule has 2 heteroatoms. The van der Waals surface area contributed by atoms with Gasteiger partial charge in [-0.05, 0) is 25.0 Å². The highest BCUT2D eigenvalue weighted by atomic mass is 16.1. The number of hydrogen-bond donors (Lipinski definition) is 0. The summed E-state index contributed by atoms with van der Waals surface area (Å²) in [5, 5.41) is 0. The first-order valence-corrected chi connectivity index (χ1v) is 4.91. The highest BCUT2D eigenvalue weighted by Crippen LogP contribution is 2.28. The fourth-order valence-electron chi connectivity index (χ4n) is 1.80. The van der Waals surface area contributed by atoms with Gasteiger partial charge >= 0.3 is 0 Å². The van der Waals surface area contributed by atoms with Crippen molar-refractivity contribution in [2.45, 2.75) is 26.7 Å². The first kappa shape index (κ1) is 9.13. The summed E-state index contributed by atoms with van der Waals surface area (Å²) < 4.78 is 0. The molecule has 0 N–H and O–H groups in total. The highest BCUT2D eigenvalue weighted by Gasteiger charge is 2.20. The van der Waals surface area contributed by atoms with Gasteiger partial charge in [-0.1, -0.05) is 19.1 Å². The van der Waals surface area contributed by atoms with E-state index in [4.69, 9.17) is 0 Å². The van der Waals surface area contributed by atoms with Gasteiger partial charge in [0.15, 0.2) is 5.78 Å². The largest absolute Gasteiger partial charge is 0.294 e. The van der Waals surface area contributed by atoms with Gasteiger partial charge in [-0.25, -0.2) is 0 Å². The number of aliphatic imine (C=N–C) groups is 1. The zero-order chi connectivity index (χ0) is 10.1. The van der Waals surface area contributed by atoms with Crippen LogP contribution in [0.4, 0.5) is 5.69 Å². The van der Waals surface area contributed by atoms with E-state index in [1.807, 2.05) is 32.0 Å². The Kier molecular flexibility index (Phi) is 2.20. The average Bonchev–Trinajstić information content (AvgIpc) is 2.17. The van der Waals surface area contributed by atoms with Gasteiger partial charge < -0.3 is 0 Å². The lowest BCUT2D eigenvalue weighted by atomic mass is 9.95. The van der Waals surface area contributed by atoms with Crippen molar-refractivity contribution in [3.8, 4) is 0 Å². The minimum Gasteiger partial charge on any atom is -0.294 e. The van der Waals surface area contributed by atoms with Crippen LogP contribution in [0, 0.1) is 6.92 Å². The van der Waals surface area contributed by atoms with Gasteiger partial charge in [-0.2, -0.15) is 0 Å². The van der Waals surface area contributed by atoms with Crippen molar-refractivity contribution in [3.63, 3.8) is 0 Å². The SMILES string of the molecule is CCC1=Nc2cccc(C)c2C(=O)C1. The number of aryl methyl sites for hydroxylation is 1. The molecule has 0 saturated carbocycles. The Morgan fingerprint density at radius 3 is 2.93 bits per heavy atom.